The van der Waals surface area contributed by atoms with E-state index >= 15 is 0 Å². The van der Waals surface area contributed by atoms with Gasteiger partial charge in [-0.25, -0.2) is 0 Å². The first-order valence-electron chi connectivity index (χ1n) is 6.15. The maximum Gasteiger partial charge on any atom is 0.0337 e. The number of anilines is 1. The van der Waals surface area contributed by atoms with Gasteiger partial charge in [0.25, 0.3) is 0 Å². The van der Waals surface area contributed by atoms with Crippen molar-refractivity contribution in [1.82, 2.24) is 0 Å². The van der Waals surface area contributed by atoms with Crippen molar-refractivity contribution in [2.75, 3.05) is 12.4 Å². The third kappa shape index (κ3) is 4.31. The normalized spacial score (nSPS) is 9.12. The largest absolute Gasteiger partial charge is 0.388 e. The van der Waals surface area contributed by atoms with Crippen molar-refractivity contribution in [2.45, 2.75) is 20.3 Å². The molecule has 2 aromatic rings. The monoisotopic (exact) mass is 227 g/mol. The highest BCUT2D eigenvalue weighted by Gasteiger charge is 1.95. The van der Waals surface area contributed by atoms with Gasteiger partial charge in [0.05, 0.1) is 0 Å². The molecule has 0 fully saturated rings. The lowest BCUT2D eigenvalue weighted by atomic mass is 10.1. The second-order valence-electron chi connectivity index (χ2n) is 3.90. The van der Waals surface area contributed by atoms with E-state index in [4.69, 9.17) is 0 Å². The van der Waals surface area contributed by atoms with Gasteiger partial charge in [-0.1, -0.05) is 62.7 Å². The molecular weight excluding hydrogens is 206 g/mol. The minimum atomic E-state index is 1.14. The minimum absolute atomic E-state index is 1.14. The van der Waals surface area contributed by atoms with Gasteiger partial charge in [0.15, 0.2) is 0 Å². The Labute approximate surface area is 105 Å². The van der Waals surface area contributed by atoms with Gasteiger partial charge in [0.2, 0.25) is 0 Å². The van der Waals surface area contributed by atoms with E-state index in [-0.39, 0.29) is 0 Å². The van der Waals surface area contributed by atoms with Gasteiger partial charge < -0.3 is 5.32 Å². The molecule has 0 spiro atoms. The topological polar surface area (TPSA) is 12.0 Å². The molecule has 0 unspecified atom stereocenters. The summed E-state index contributed by atoms with van der Waals surface area (Å²) in [6.45, 7) is 4.25. The molecule has 90 valence electrons. The summed E-state index contributed by atoms with van der Waals surface area (Å²) in [6.07, 6.45) is 1.25. The molecule has 0 heterocycles. The number of nitrogens with one attached hydrogen (secondary N) is 1. The quantitative estimate of drug-likeness (QED) is 0.776. The summed E-state index contributed by atoms with van der Waals surface area (Å²) < 4.78 is 0. The fraction of sp³-hybridized carbons (Fsp3) is 0.250. The Balaban J connectivity index is 0.000000437. The van der Waals surface area contributed by atoms with Crippen molar-refractivity contribution < 1.29 is 0 Å². The first kappa shape index (κ1) is 13.3. The van der Waals surface area contributed by atoms with Crippen LogP contribution in [0.15, 0.2) is 54.6 Å². The summed E-state index contributed by atoms with van der Waals surface area (Å²) in [6, 6.07) is 18.8. The summed E-state index contributed by atoms with van der Waals surface area (Å²) in [7, 11) is 1.93. The Hall–Kier alpha value is -1.76. The summed E-state index contributed by atoms with van der Waals surface area (Å²) in [5.41, 5.74) is 3.66. The predicted octanol–water partition coefficient (Wildman–Crippen LogP) is 4.81. The maximum atomic E-state index is 3.11. The first-order valence-corrected chi connectivity index (χ1v) is 6.15. The average Bonchev–Trinajstić information content (AvgIpc) is 2.41. The Morgan fingerprint density at radius 1 is 0.765 bits per heavy atom. The third-order valence-electron chi connectivity index (χ3n) is 2.28. The lowest BCUT2D eigenvalue weighted by Gasteiger charge is -2.03. The summed E-state index contributed by atoms with van der Waals surface area (Å²) in [5.74, 6) is 0. The van der Waals surface area contributed by atoms with Crippen LogP contribution in [0.3, 0.4) is 0 Å². The molecule has 0 aliphatic heterocycles. The van der Waals surface area contributed by atoms with Crippen LogP contribution in [-0.2, 0) is 0 Å². The van der Waals surface area contributed by atoms with Crippen LogP contribution in [0.2, 0.25) is 0 Å². The molecule has 0 atom stereocenters. The van der Waals surface area contributed by atoms with Gasteiger partial charge in [-0.2, -0.15) is 0 Å². The molecular formula is C16H21N. The molecule has 0 amide bonds. The molecule has 0 radical (unpaired) electrons. The van der Waals surface area contributed by atoms with Gasteiger partial charge in [-0.15, -0.1) is 0 Å². The number of benzene rings is 2. The van der Waals surface area contributed by atoms with Crippen LogP contribution in [0, 0.1) is 0 Å². The first-order chi connectivity index (χ1) is 8.31. The van der Waals surface area contributed by atoms with Crippen LogP contribution in [0.1, 0.15) is 20.3 Å². The Kier molecular flexibility index (Phi) is 5.87. The van der Waals surface area contributed by atoms with E-state index < -0.39 is 0 Å². The fourth-order valence-corrected chi connectivity index (χ4v) is 1.46. The van der Waals surface area contributed by atoms with Crippen molar-refractivity contribution in [2.24, 2.45) is 0 Å². The minimum Gasteiger partial charge on any atom is -0.388 e. The van der Waals surface area contributed by atoms with Crippen LogP contribution in [-0.4, -0.2) is 7.05 Å². The van der Waals surface area contributed by atoms with Crippen molar-refractivity contribution in [1.29, 1.82) is 0 Å². The molecule has 1 nitrogen and oxygen atoms in total. The van der Waals surface area contributed by atoms with E-state index in [2.05, 4.69) is 67.7 Å². The Morgan fingerprint density at radius 2 is 1.24 bits per heavy atom. The molecule has 1 heteroatoms. The van der Waals surface area contributed by atoms with E-state index in [1.54, 1.807) is 0 Å². The zero-order valence-corrected chi connectivity index (χ0v) is 10.9. The molecule has 2 rings (SSSR count). The molecule has 0 bridgehead atoms. The average molecular weight is 227 g/mol. The van der Waals surface area contributed by atoms with Crippen LogP contribution >= 0.6 is 0 Å². The van der Waals surface area contributed by atoms with Gasteiger partial charge in [0.1, 0.15) is 0 Å². The van der Waals surface area contributed by atoms with E-state index in [0.29, 0.717) is 0 Å². The predicted molar refractivity (Wildman–Crippen MR) is 77.4 cm³/mol. The molecule has 0 aromatic heterocycles. The highest BCUT2D eigenvalue weighted by Crippen LogP contribution is 2.20. The van der Waals surface area contributed by atoms with Gasteiger partial charge in [0, 0.05) is 12.7 Å². The second kappa shape index (κ2) is 7.50. The molecule has 1 N–H and O–H groups in total. The van der Waals surface area contributed by atoms with Gasteiger partial charge in [-0.3, -0.25) is 0 Å². The van der Waals surface area contributed by atoms with Gasteiger partial charge in [-0.05, 0) is 23.3 Å². The van der Waals surface area contributed by atoms with Gasteiger partial charge >= 0.3 is 0 Å². The molecule has 0 aliphatic rings. The van der Waals surface area contributed by atoms with Crippen LogP contribution in [0.4, 0.5) is 5.69 Å². The highest BCUT2D eigenvalue weighted by molar-refractivity contribution is 5.65. The van der Waals surface area contributed by atoms with Crippen LogP contribution in [0.25, 0.3) is 11.1 Å². The molecule has 2 aromatic carbocycles. The SMILES string of the molecule is CCC.CNc1ccc(-c2ccccc2)cc1. The van der Waals surface area contributed by atoms with Crippen molar-refractivity contribution in [3.63, 3.8) is 0 Å². The second-order valence-corrected chi connectivity index (χ2v) is 3.90. The van der Waals surface area contributed by atoms with E-state index in [0.717, 1.165) is 5.69 Å². The van der Waals surface area contributed by atoms with Crippen LogP contribution < -0.4 is 5.32 Å². The summed E-state index contributed by atoms with van der Waals surface area (Å²) >= 11 is 0. The lowest BCUT2D eigenvalue weighted by Crippen LogP contribution is -1.86. The smallest absolute Gasteiger partial charge is 0.0337 e. The molecule has 17 heavy (non-hydrogen) atoms. The van der Waals surface area contributed by atoms with E-state index in [1.165, 1.54) is 17.5 Å². The summed E-state index contributed by atoms with van der Waals surface area (Å²) in [4.78, 5) is 0. The van der Waals surface area contributed by atoms with Crippen molar-refractivity contribution in [3.8, 4) is 11.1 Å². The summed E-state index contributed by atoms with van der Waals surface area (Å²) in [5, 5.41) is 3.11. The Morgan fingerprint density at radius 3 is 1.71 bits per heavy atom. The maximum absolute atomic E-state index is 3.11. The Bertz CT molecular complexity index is 403. The van der Waals surface area contributed by atoms with E-state index in [9.17, 15) is 0 Å². The third-order valence-corrected chi connectivity index (χ3v) is 2.28. The number of hydrogen-bond donors (Lipinski definition) is 1. The standard InChI is InChI=1S/C13H13N.C3H8/c1-14-13-9-7-12(8-10-13)11-5-3-2-4-6-11;1-3-2/h2-10,14H,1H3;3H2,1-2H3. The molecule has 0 saturated carbocycles. The number of rotatable bonds is 2. The van der Waals surface area contributed by atoms with Crippen molar-refractivity contribution in [3.05, 3.63) is 54.6 Å². The zero-order valence-electron chi connectivity index (χ0n) is 10.9. The highest BCUT2D eigenvalue weighted by atomic mass is 14.8. The zero-order chi connectivity index (χ0) is 12.5. The van der Waals surface area contributed by atoms with Crippen molar-refractivity contribution >= 4 is 5.69 Å². The number of hydrogen-bond acceptors (Lipinski definition) is 1. The van der Waals surface area contributed by atoms with E-state index in [1.807, 2.05) is 13.1 Å². The van der Waals surface area contributed by atoms with Crippen LogP contribution in [0.5, 0.6) is 0 Å². The fourth-order valence-electron chi connectivity index (χ4n) is 1.46. The molecule has 0 aliphatic carbocycles. The molecule has 0 saturated heterocycles. The lowest BCUT2D eigenvalue weighted by molar-refractivity contribution is 1.09.